The quantitative estimate of drug-likeness (QED) is 0.875. The summed E-state index contributed by atoms with van der Waals surface area (Å²) in [5.74, 6) is -0.198. The first-order valence-corrected chi connectivity index (χ1v) is 7.51. The number of carbonyl (C=O) groups is 2. The van der Waals surface area contributed by atoms with Crippen LogP contribution in [-0.2, 0) is 20.7 Å². The Morgan fingerprint density at radius 1 is 1.35 bits per heavy atom. The van der Waals surface area contributed by atoms with Crippen LogP contribution in [-0.4, -0.2) is 61.4 Å². The number of hydrogen-bond donors (Lipinski definition) is 1. The van der Waals surface area contributed by atoms with Crippen LogP contribution in [0.2, 0.25) is 0 Å². The molecule has 1 amide bonds. The van der Waals surface area contributed by atoms with Crippen LogP contribution in [0.5, 0.6) is 11.5 Å². The molecule has 2 aliphatic rings. The average molecular weight is 321 g/mol. The van der Waals surface area contributed by atoms with E-state index >= 15 is 0 Å². The van der Waals surface area contributed by atoms with Crippen LogP contribution < -0.4 is 9.47 Å². The van der Waals surface area contributed by atoms with Crippen molar-refractivity contribution in [2.75, 3.05) is 33.5 Å². The fourth-order valence-electron chi connectivity index (χ4n) is 2.94. The van der Waals surface area contributed by atoms with Gasteiger partial charge in [0.05, 0.1) is 26.2 Å². The molecule has 2 atom stereocenters. The summed E-state index contributed by atoms with van der Waals surface area (Å²) in [5, 5.41) is 9.25. The number of aliphatic carboxylic acids is 1. The normalized spacial score (nSPS) is 23.6. The molecule has 2 aliphatic heterocycles. The molecule has 1 N–H and O–H groups in total. The Morgan fingerprint density at radius 3 is 2.91 bits per heavy atom. The monoisotopic (exact) mass is 321 g/mol. The van der Waals surface area contributed by atoms with Crippen LogP contribution in [0.25, 0.3) is 0 Å². The molecule has 0 saturated carbocycles. The van der Waals surface area contributed by atoms with Gasteiger partial charge in [0, 0.05) is 12.6 Å². The van der Waals surface area contributed by atoms with Gasteiger partial charge in [-0.3, -0.25) is 4.79 Å². The van der Waals surface area contributed by atoms with E-state index in [0.717, 1.165) is 5.56 Å². The van der Waals surface area contributed by atoms with Crippen molar-refractivity contribution in [1.29, 1.82) is 0 Å². The number of hydrogen-bond acceptors (Lipinski definition) is 5. The highest BCUT2D eigenvalue weighted by atomic mass is 16.5. The second-order valence-corrected chi connectivity index (χ2v) is 5.65. The van der Waals surface area contributed by atoms with Crippen molar-refractivity contribution in [2.45, 2.75) is 12.5 Å². The molecule has 1 aromatic carbocycles. The fourth-order valence-corrected chi connectivity index (χ4v) is 2.94. The maximum absolute atomic E-state index is 12.7. The number of ether oxygens (including phenoxy) is 3. The number of fused-ring (bicyclic) bond motifs is 1. The number of nitrogens with zero attached hydrogens (tertiary/aromatic N) is 1. The summed E-state index contributed by atoms with van der Waals surface area (Å²) in [5.41, 5.74) is 0.926. The molecule has 23 heavy (non-hydrogen) atoms. The largest absolute Gasteiger partial charge is 0.497 e. The zero-order valence-corrected chi connectivity index (χ0v) is 12.9. The molecule has 1 saturated heterocycles. The highest BCUT2D eigenvalue weighted by Gasteiger charge is 2.37. The lowest BCUT2D eigenvalue weighted by Gasteiger charge is -2.36. The lowest BCUT2D eigenvalue weighted by atomic mass is 9.94. The van der Waals surface area contributed by atoms with Gasteiger partial charge in [-0.1, -0.05) is 6.07 Å². The van der Waals surface area contributed by atoms with Crippen LogP contribution in [0.3, 0.4) is 0 Å². The Morgan fingerprint density at radius 2 is 2.17 bits per heavy atom. The maximum Gasteiger partial charge on any atom is 0.328 e. The Hall–Kier alpha value is -2.28. The molecule has 1 aromatic rings. The van der Waals surface area contributed by atoms with Gasteiger partial charge >= 0.3 is 5.97 Å². The molecule has 0 aliphatic carbocycles. The van der Waals surface area contributed by atoms with Gasteiger partial charge in [0.25, 0.3) is 0 Å². The molecule has 0 spiro atoms. The maximum atomic E-state index is 12.7. The van der Waals surface area contributed by atoms with E-state index in [1.807, 2.05) is 12.1 Å². The summed E-state index contributed by atoms with van der Waals surface area (Å²) in [6.45, 7) is 0.920. The van der Waals surface area contributed by atoms with Gasteiger partial charge in [-0.05, 0) is 18.1 Å². The zero-order chi connectivity index (χ0) is 16.4. The van der Waals surface area contributed by atoms with E-state index in [2.05, 4.69) is 0 Å². The second-order valence-electron chi connectivity index (χ2n) is 5.65. The van der Waals surface area contributed by atoms with Crippen molar-refractivity contribution in [1.82, 2.24) is 4.90 Å². The van der Waals surface area contributed by atoms with Gasteiger partial charge in [0.2, 0.25) is 5.91 Å². The number of methoxy groups -OCH3 is 1. The third-order valence-corrected chi connectivity index (χ3v) is 4.23. The van der Waals surface area contributed by atoms with Crippen LogP contribution >= 0.6 is 0 Å². The molecule has 0 bridgehead atoms. The minimum atomic E-state index is -1.04. The molecule has 7 heteroatoms. The third-order valence-electron chi connectivity index (χ3n) is 4.23. The first-order chi connectivity index (χ1) is 11.1. The molecule has 1 fully saturated rings. The zero-order valence-electron chi connectivity index (χ0n) is 12.9. The molecule has 0 unspecified atom stereocenters. The predicted octanol–water partition coefficient (Wildman–Crippen LogP) is 0.558. The lowest BCUT2D eigenvalue weighted by Crippen LogP contribution is -2.55. The van der Waals surface area contributed by atoms with Crippen molar-refractivity contribution in [3.05, 3.63) is 23.8 Å². The first-order valence-electron chi connectivity index (χ1n) is 7.51. The number of amides is 1. The Bertz CT molecular complexity index is 617. The summed E-state index contributed by atoms with van der Waals surface area (Å²) in [4.78, 5) is 25.4. The molecular formula is C16H19NO6. The molecule has 0 radical (unpaired) electrons. The molecule has 2 heterocycles. The number of carboxylic acids is 1. The molecular weight excluding hydrogens is 302 g/mol. The van der Waals surface area contributed by atoms with E-state index < -0.39 is 12.0 Å². The highest BCUT2D eigenvalue weighted by molar-refractivity contribution is 5.86. The number of carboxylic acid groups (broad SMARTS) is 1. The van der Waals surface area contributed by atoms with E-state index in [9.17, 15) is 14.7 Å². The van der Waals surface area contributed by atoms with Crippen molar-refractivity contribution in [2.24, 2.45) is 5.92 Å². The van der Waals surface area contributed by atoms with Gasteiger partial charge in [0.1, 0.15) is 18.1 Å². The Kier molecular flexibility index (Phi) is 4.38. The van der Waals surface area contributed by atoms with Crippen molar-refractivity contribution < 1.29 is 28.9 Å². The molecule has 124 valence electrons. The Balaban J connectivity index is 1.74. The van der Waals surface area contributed by atoms with Gasteiger partial charge in [-0.25, -0.2) is 4.79 Å². The van der Waals surface area contributed by atoms with Crippen molar-refractivity contribution in [3.63, 3.8) is 0 Å². The van der Waals surface area contributed by atoms with Gasteiger partial charge in [-0.15, -0.1) is 0 Å². The van der Waals surface area contributed by atoms with E-state index in [-0.39, 0.29) is 25.0 Å². The molecule has 7 nitrogen and oxygen atoms in total. The second kappa shape index (κ2) is 6.45. The van der Waals surface area contributed by atoms with Crippen LogP contribution in [0, 0.1) is 5.92 Å². The van der Waals surface area contributed by atoms with Gasteiger partial charge in [-0.2, -0.15) is 0 Å². The van der Waals surface area contributed by atoms with Crippen LogP contribution in [0.4, 0.5) is 0 Å². The average Bonchev–Trinajstić information content (AvgIpc) is 2.60. The molecule has 3 rings (SSSR count). The van der Waals surface area contributed by atoms with Crippen LogP contribution in [0.1, 0.15) is 5.56 Å². The fraction of sp³-hybridized carbons (Fsp3) is 0.500. The third kappa shape index (κ3) is 3.10. The van der Waals surface area contributed by atoms with E-state index in [1.165, 1.54) is 4.90 Å². The summed E-state index contributed by atoms with van der Waals surface area (Å²) >= 11 is 0. The SMILES string of the molecule is COc1ccc2c(c1)OC[C@H](C(=O)N1CCOC[C@H]1C(=O)O)C2. The summed E-state index contributed by atoms with van der Waals surface area (Å²) in [7, 11) is 1.58. The Labute approximate surface area is 133 Å². The number of benzene rings is 1. The minimum absolute atomic E-state index is 0.0302. The van der Waals surface area contributed by atoms with Crippen LogP contribution in [0.15, 0.2) is 18.2 Å². The summed E-state index contributed by atoms with van der Waals surface area (Å²) in [6, 6.07) is 4.57. The number of morpholine rings is 1. The summed E-state index contributed by atoms with van der Waals surface area (Å²) < 4.78 is 16.0. The molecule has 0 aromatic heterocycles. The van der Waals surface area contributed by atoms with E-state index in [0.29, 0.717) is 31.1 Å². The van der Waals surface area contributed by atoms with E-state index in [4.69, 9.17) is 14.2 Å². The van der Waals surface area contributed by atoms with Crippen molar-refractivity contribution >= 4 is 11.9 Å². The van der Waals surface area contributed by atoms with Crippen molar-refractivity contribution in [3.8, 4) is 11.5 Å². The first kappa shape index (κ1) is 15.6. The van der Waals surface area contributed by atoms with E-state index in [1.54, 1.807) is 13.2 Å². The van der Waals surface area contributed by atoms with Gasteiger partial charge in [0.15, 0.2) is 6.04 Å². The van der Waals surface area contributed by atoms with Gasteiger partial charge < -0.3 is 24.2 Å². The smallest absolute Gasteiger partial charge is 0.328 e. The number of carbonyl (C=O) groups excluding carboxylic acids is 1. The standard InChI is InChI=1S/C16H19NO6/c1-21-12-3-2-10-6-11(8-23-14(10)7-12)15(18)17-4-5-22-9-13(17)16(19)20/h2-3,7,11,13H,4-6,8-9H2,1H3,(H,19,20)/t11-,13+/m1/s1. The predicted molar refractivity (Wildman–Crippen MR) is 79.6 cm³/mol. The minimum Gasteiger partial charge on any atom is -0.497 e. The number of rotatable bonds is 3. The lowest BCUT2D eigenvalue weighted by molar-refractivity contribution is -0.161. The summed E-state index contributed by atoms with van der Waals surface area (Å²) in [6.07, 6.45) is 0.530. The highest BCUT2D eigenvalue weighted by Crippen LogP contribution is 2.32. The topological polar surface area (TPSA) is 85.3 Å².